The van der Waals surface area contributed by atoms with Crippen LogP contribution in [0.3, 0.4) is 0 Å². The maximum atomic E-state index is 13.1. The Kier molecular flexibility index (Phi) is 5.13. The third-order valence-corrected chi connectivity index (χ3v) is 5.26. The van der Waals surface area contributed by atoms with Crippen molar-refractivity contribution in [1.29, 1.82) is 0 Å². The molecule has 1 aromatic carbocycles. The molecule has 0 amide bonds. The predicted molar refractivity (Wildman–Crippen MR) is 125 cm³/mol. The summed E-state index contributed by atoms with van der Waals surface area (Å²) in [5, 5.41) is 11.5. The molecule has 0 fully saturated rings. The van der Waals surface area contributed by atoms with Gasteiger partial charge in [-0.15, -0.1) is 5.10 Å². The van der Waals surface area contributed by atoms with Gasteiger partial charge in [-0.05, 0) is 54.7 Å². The van der Waals surface area contributed by atoms with Crippen molar-refractivity contribution in [1.82, 2.24) is 24.7 Å². The van der Waals surface area contributed by atoms with E-state index >= 15 is 0 Å². The topological polar surface area (TPSA) is 88.5 Å². The van der Waals surface area contributed by atoms with Gasteiger partial charge >= 0.3 is 0 Å². The Hall–Kier alpha value is -3.48. The first-order valence-electron chi connectivity index (χ1n) is 10.4. The molecule has 7 nitrogen and oxygen atoms in total. The molecule has 3 aromatic heterocycles. The number of aryl methyl sites for hydroxylation is 3. The predicted octanol–water partition coefficient (Wildman–Crippen LogP) is 4.67. The number of rotatable bonds is 4. The summed E-state index contributed by atoms with van der Waals surface area (Å²) in [7, 11) is 1.80. The molecule has 7 heteroatoms. The molecule has 160 valence electrons. The number of fused-ring (bicyclic) bond motifs is 1. The van der Waals surface area contributed by atoms with E-state index in [9.17, 15) is 4.79 Å². The van der Waals surface area contributed by atoms with Crippen LogP contribution < -0.4 is 10.9 Å². The Labute approximate surface area is 181 Å². The molecule has 0 saturated carbocycles. The van der Waals surface area contributed by atoms with Crippen LogP contribution in [0.2, 0.25) is 0 Å². The number of nitrogens with one attached hydrogen (secondary N) is 2. The number of benzene rings is 1. The smallest absolute Gasteiger partial charge is 0.258 e. The lowest BCUT2D eigenvalue weighted by molar-refractivity contribution is 0.401. The molecule has 0 saturated heterocycles. The van der Waals surface area contributed by atoms with Crippen LogP contribution >= 0.6 is 0 Å². The van der Waals surface area contributed by atoms with Crippen molar-refractivity contribution >= 4 is 22.5 Å². The Bertz CT molecular complexity index is 1330. The van der Waals surface area contributed by atoms with Gasteiger partial charge in [0.1, 0.15) is 5.82 Å². The first kappa shape index (κ1) is 20.8. The van der Waals surface area contributed by atoms with Gasteiger partial charge in [-0.3, -0.25) is 14.9 Å². The summed E-state index contributed by atoms with van der Waals surface area (Å²) in [5.74, 6) is 1.36. The second kappa shape index (κ2) is 7.65. The highest BCUT2D eigenvalue weighted by Crippen LogP contribution is 2.28. The van der Waals surface area contributed by atoms with Crippen LogP contribution in [0.4, 0.5) is 11.6 Å². The zero-order valence-electron chi connectivity index (χ0n) is 18.9. The number of aromatic nitrogens is 5. The molecular formula is C24H28N6O. The first-order chi connectivity index (χ1) is 14.6. The van der Waals surface area contributed by atoms with Crippen LogP contribution in [0.25, 0.3) is 22.0 Å². The minimum absolute atomic E-state index is 0.0382. The van der Waals surface area contributed by atoms with E-state index in [0.717, 1.165) is 45.7 Å². The third kappa shape index (κ3) is 4.35. The van der Waals surface area contributed by atoms with Gasteiger partial charge in [0.05, 0.1) is 5.52 Å². The average molecular weight is 417 g/mol. The fourth-order valence-corrected chi connectivity index (χ4v) is 3.71. The van der Waals surface area contributed by atoms with E-state index in [2.05, 4.69) is 46.3 Å². The Morgan fingerprint density at radius 3 is 2.61 bits per heavy atom. The van der Waals surface area contributed by atoms with Crippen molar-refractivity contribution in [3.05, 3.63) is 64.0 Å². The molecule has 4 aromatic rings. The van der Waals surface area contributed by atoms with Crippen molar-refractivity contribution in [3.8, 4) is 11.1 Å². The molecule has 31 heavy (non-hydrogen) atoms. The van der Waals surface area contributed by atoms with E-state index < -0.39 is 0 Å². The van der Waals surface area contributed by atoms with E-state index in [1.807, 2.05) is 50.4 Å². The summed E-state index contributed by atoms with van der Waals surface area (Å²) in [6, 6.07) is 9.79. The molecule has 2 N–H and O–H groups in total. The van der Waals surface area contributed by atoms with Gasteiger partial charge in [0.25, 0.3) is 5.56 Å². The molecule has 0 aliphatic carbocycles. The van der Waals surface area contributed by atoms with Crippen molar-refractivity contribution in [2.75, 3.05) is 5.32 Å². The summed E-state index contributed by atoms with van der Waals surface area (Å²) in [4.78, 5) is 22.1. The maximum absolute atomic E-state index is 13.1. The molecule has 0 unspecified atom stereocenters. The Balaban J connectivity index is 1.71. The van der Waals surface area contributed by atoms with Crippen LogP contribution in [0.15, 0.2) is 41.3 Å². The summed E-state index contributed by atoms with van der Waals surface area (Å²) in [6.07, 6.45) is 2.62. The SMILES string of the molecule is Cc1cc2c(cn1)cc(-c1cc(Nc3n[nH]c(CC(C)(C)C)n3)ccc1C)c(=O)n2C. The van der Waals surface area contributed by atoms with Crippen molar-refractivity contribution < 1.29 is 0 Å². The van der Waals surface area contributed by atoms with E-state index in [1.165, 1.54) is 0 Å². The lowest BCUT2D eigenvalue weighted by Crippen LogP contribution is -2.19. The minimum atomic E-state index is -0.0382. The van der Waals surface area contributed by atoms with Gasteiger partial charge in [-0.1, -0.05) is 26.8 Å². The van der Waals surface area contributed by atoms with Crippen molar-refractivity contribution in [2.45, 2.75) is 41.0 Å². The number of nitrogens with zero attached hydrogens (tertiary/aromatic N) is 4. The fraction of sp³-hybridized carbons (Fsp3) is 0.333. The van der Waals surface area contributed by atoms with Gasteiger partial charge in [0.15, 0.2) is 0 Å². The molecule has 3 heterocycles. The molecule has 0 aliphatic rings. The molecular weight excluding hydrogens is 388 g/mol. The van der Waals surface area contributed by atoms with Gasteiger partial charge in [-0.25, -0.2) is 0 Å². The standard InChI is InChI=1S/C24H28N6O/c1-14-7-8-17(26-23-27-21(28-29-23)12-24(3,4)5)11-18(14)19-10-16-13-25-15(2)9-20(16)30(6)22(19)31/h7-11,13H,12H2,1-6H3,(H2,26,27,28,29). The Morgan fingerprint density at radius 1 is 1.10 bits per heavy atom. The number of anilines is 2. The monoisotopic (exact) mass is 416 g/mol. The molecule has 4 rings (SSSR count). The van der Waals surface area contributed by atoms with Crippen LogP contribution in [0.5, 0.6) is 0 Å². The maximum Gasteiger partial charge on any atom is 0.258 e. The molecule has 0 aliphatic heterocycles. The normalized spacial score (nSPS) is 11.8. The van der Waals surface area contributed by atoms with E-state index in [0.29, 0.717) is 11.5 Å². The van der Waals surface area contributed by atoms with E-state index in [1.54, 1.807) is 11.6 Å². The van der Waals surface area contributed by atoms with E-state index in [4.69, 9.17) is 0 Å². The second-order valence-corrected chi connectivity index (χ2v) is 9.30. The summed E-state index contributed by atoms with van der Waals surface area (Å²) in [6.45, 7) is 10.4. The molecule has 0 atom stereocenters. The molecule has 0 spiro atoms. The fourth-order valence-electron chi connectivity index (χ4n) is 3.71. The minimum Gasteiger partial charge on any atom is -0.323 e. The number of hydrogen-bond donors (Lipinski definition) is 2. The molecule has 0 radical (unpaired) electrons. The van der Waals surface area contributed by atoms with Crippen LogP contribution in [0.1, 0.15) is 37.9 Å². The lowest BCUT2D eigenvalue weighted by atomic mass is 9.92. The van der Waals surface area contributed by atoms with Crippen molar-refractivity contribution in [3.63, 3.8) is 0 Å². The van der Waals surface area contributed by atoms with Crippen LogP contribution in [-0.4, -0.2) is 24.7 Å². The third-order valence-electron chi connectivity index (χ3n) is 5.26. The Morgan fingerprint density at radius 2 is 1.87 bits per heavy atom. The zero-order chi connectivity index (χ0) is 22.3. The highest BCUT2D eigenvalue weighted by Gasteiger charge is 2.16. The second-order valence-electron chi connectivity index (χ2n) is 9.30. The largest absolute Gasteiger partial charge is 0.323 e. The molecule has 0 bridgehead atoms. The van der Waals surface area contributed by atoms with Gasteiger partial charge in [-0.2, -0.15) is 4.98 Å². The van der Waals surface area contributed by atoms with E-state index in [-0.39, 0.29) is 11.0 Å². The quantitative estimate of drug-likeness (QED) is 0.505. The number of aromatic amines is 1. The number of pyridine rings is 2. The van der Waals surface area contributed by atoms with Gasteiger partial charge in [0.2, 0.25) is 5.95 Å². The highest BCUT2D eigenvalue weighted by molar-refractivity contribution is 5.85. The lowest BCUT2D eigenvalue weighted by Gasteiger charge is -2.15. The summed E-state index contributed by atoms with van der Waals surface area (Å²) >= 11 is 0. The highest BCUT2D eigenvalue weighted by atomic mass is 16.1. The number of hydrogen-bond acceptors (Lipinski definition) is 5. The van der Waals surface area contributed by atoms with Gasteiger partial charge < -0.3 is 9.88 Å². The number of H-pyrrole nitrogens is 1. The average Bonchev–Trinajstić information content (AvgIpc) is 3.11. The summed E-state index contributed by atoms with van der Waals surface area (Å²) < 4.78 is 1.69. The van der Waals surface area contributed by atoms with Crippen molar-refractivity contribution in [2.24, 2.45) is 12.5 Å². The van der Waals surface area contributed by atoms with Gasteiger partial charge in [0, 0.05) is 42.0 Å². The summed E-state index contributed by atoms with van der Waals surface area (Å²) in [5.41, 5.74) is 5.21. The zero-order valence-corrected chi connectivity index (χ0v) is 18.9. The first-order valence-corrected chi connectivity index (χ1v) is 10.4. The van der Waals surface area contributed by atoms with Crippen LogP contribution in [0, 0.1) is 19.3 Å². The van der Waals surface area contributed by atoms with Crippen LogP contribution in [-0.2, 0) is 13.5 Å².